The lowest BCUT2D eigenvalue weighted by atomic mass is 10.2. The normalized spacial score (nSPS) is 18.6. The average molecular weight is 439 g/mol. The Morgan fingerprint density at radius 2 is 1.63 bits per heavy atom. The van der Waals surface area contributed by atoms with Gasteiger partial charge in [-0.15, -0.1) is 0 Å². The summed E-state index contributed by atoms with van der Waals surface area (Å²) in [6, 6.07) is 1.39. The molecule has 1 aromatic heterocycles. The molecule has 5 nitrogen and oxygen atoms in total. The van der Waals surface area contributed by atoms with Gasteiger partial charge in [-0.2, -0.15) is 10.2 Å². The van der Waals surface area contributed by atoms with E-state index in [-0.39, 0.29) is 11.3 Å². The van der Waals surface area contributed by atoms with Gasteiger partial charge in [0.15, 0.2) is 0 Å². The van der Waals surface area contributed by atoms with Gasteiger partial charge in [-0.3, -0.25) is 0 Å². The first-order valence-corrected chi connectivity index (χ1v) is 11.3. The molecule has 0 spiro atoms. The van der Waals surface area contributed by atoms with Crippen LogP contribution in [0.5, 0.6) is 5.75 Å². The Balaban J connectivity index is 1.75. The molecule has 2 aliphatic rings. The third-order valence-electron chi connectivity index (χ3n) is 3.75. The molecule has 142 valence electrons. The summed E-state index contributed by atoms with van der Waals surface area (Å²) in [5, 5.41) is 18.1. The van der Waals surface area contributed by atoms with Crippen LogP contribution in [0.15, 0.2) is 53.6 Å². The molecule has 3 rings (SSSR count). The average Bonchev–Trinajstić information content (AvgIpc) is 3.09. The molecule has 0 saturated heterocycles. The highest BCUT2D eigenvalue weighted by atomic mass is 32.2. The van der Waals surface area contributed by atoms with Crippen LogP contribution >= 0.6 is 47.0 Å². The standard InChI is InChI=1S/C18H18N2O3S4/c1-8-6-13(21)15(16(22)23-8)9(2)20-19-7-14-12(5)26-18(27-14)17-24-10(3)11(4)25-17/h6-7,21H,1-5H3/b19-7+,20-9+. The van der Waals surface area contributed by atoms with Crippen LogP contribution in [0.3, 0.4) is 0 Å². The molecule has 0 aliphatic carbocycles. The van der Waals surface area contributed by atoms with Gasteiger partial charge in [0, 0.05) is 15.9 Å². The Kier molecular flexibility index (Phi) is 6.35. The number of thioether (sulfide) groups is 4. The molecular formula is C18H18N2O3S4. The van der Waals surface area contributed by atoms with E-state index in [1.54, 1.807) is 43.6 Å². The summed E-state index contributed by atoms with van der Waals surface area (Å²) in [5.74, 6) is 0.197. The Labute approximate surface area is 174 Å². The van der Waals surface area contributed by atoms with Crippen LogP contribution in [0.25, 0.3) is 0 Å². The molecule has 2 aliphatic heterocycles. The Hall–Kier alpha value is -1.29. The number of aromatic hydroxyl groups is 1. The number of hydrogen-bond acceptors (Lipinski definition) is 9. The van der Waals surface area contributed by atoms with Crippen molar-refractivity contribution in [2.75, 3.05) is 0 Å². The van der Waals surface area contributed by atoms with Crippen LogP contribution in [0.2, 0.25) is 0 Å². The number of rotatable bonds is 3. The molecule has 0 atom stereocenters. The first-order valence-electron chi connectivity index (χ1n) is 8.02. The molecule has 0 unspecified atom stereocenters. The highest BCUT2D eigenvalue weighted by molar-refractivity contribution is 8.34. The van der Waals surface area contributed by atoms with Crippen molar-refractivity contribution in [1.29, 1.82) is 0 Å². The number of aryl methyl sites for hydroxylation is 1. The second kappa shape index (κ2) is 8.38. The van der Waals surface area contributed by atoms with Gasteiger partial charge in [-0.05, 0) is 44.4 Å². The van der Waals surface area contributed by atoms with Gasteiger partial charge in [0.2, 0.25) is 0 Å². The molecule has 0 amide bonds. The Morgan fingerprint density at radius 1 is 1.04 bits per heavy atom. The summed E-state index contributed by atoms with van der Waals surface area (Å²) < 4.78 is 7.59. The fourth-order valence-corrected chi connectivity index (χ4v) is 7.53. The predicted molar refractivity (Wildman–Crippen MR) is 121 cm³/mol. The van der Waals surface area contributed by atoms with Crippen molar-refractivity contribution in [1.82, 2.24) is 0 Å². The molecule has 0 aromatic carbocycles. The van der Waals surface area contributed by atoms with E-state index in [0.29, 0.717) is 11.5 Å². The molecule has 0 radical (unpaired) electrons. The summed E-state index contributed by atoms with van der Waals surface area (Å²) in [5.41, 5.74) is -0.275. The largest absolute Gasteiger partial charge is 0.507 e. The summed E-state index contributed by atoms with van der Waals surface area (Å²) in [6.07, 6.45) is 1.69. The maximum absolute atomic E-state index is 11.9. The van der Waals surface area contributed by atoms with E-state index in [0.717, 1.165) is 4.91 Å². The van der Waals surface area contributed by atoms with E-state index in [4.69, 9.17) is 4.42 Å². The third-order valence-corrected chi connectivity index (χ3v) is 9.46. The molecule has 0 bridgehead atoms. The van der Waals surface area contributed by atoms with Crippen LogP contribution in [-0.4, -0.2) is 17.0 Å². The van der Waals surface area contributed by atoms with Crippen molar-refractivity contribution in [2.45, 2.75) is 34.6 Å². The van der Waals surface area contributed by atoms with Crippen LogP contribution in [0.4, 0.5) is 0 Å². The van der Waals surface area contributed by atoms with Crippen LogP contribution in [0, 0.1) is 6.92 Å². The van der Waals surface area contributed by atoms with Crippen LogP contribution < -0.4 is 5.63 Å². The lowest BCUT2D eigenvalue weighted by Crippen LogP contribution is -2.12. The van der Waals surface area contributed by atoms with E-state index in [1.165, 1.54) is 29.3 Å². The van der Waals surface area contributed by atoms with Crippen molar-refractivity contribution in [3.8, 4) is 5.75 Å². The van der Waals surface area contributed by atoms with Gasteiger partial charge in [0.1, 0.15) is 17.1 Å². The molecule has 0 fully saturated rings. The topological polar surface area (TPSA) is 75.2 Å². The fraction of sp³-hybridized carbons (Fsp3) is 0.278. The minimum atomic E-state index is -0.620. The Morgan fingerprint density at radius 3 is 2.26 bits per heavy atom. The molecule has 27 heavy (non-hydrogen) atoms. The van der Waals surface area contributed by atoms with Crippen LogP contribution in [0.1, 0.15) is 39.0 Å². The minimum absolute atomic E-state index is 0.0375. The van der Waals surface area contributed by atoms with Crippen molar-refractivity contribution >= 4 is 59.0 Å². The highest BCUT2D eigenvalue weighted by Crippen LogP contribution is 2.59. The summed E-state index contributed by atoms with van der Waals surface area (Å²) in [7, 11) is 0. The van der Waals surface area contributed by atoms with Crippen molar-refractivity contribution in [3.63, 3.8) is 0 Å². The van der Waals surface area contributed by atoms with Gasteiger partial charge >= 0.3 is 5.63 Å². The minimum Gasteiger partial charge on any atom is -0.507 e. The fourth-order valence-electron chi connectivity index (χ4n) is 2.26. The zero-order chi connectivity index (χ0) is 19.7. The first kappa shape index (κ1) is 20.4. The van der Waals surface area contributed by atoms with Gasteiger partial charge in [0.05, 0.1) is 20.4 Å². The molecule has 3 heterocycles. The monoisotopic (exact) mass is 438 g/mol. The van der Waals surface area contributed by atoms with E-state index < -0.39 is 5.63 Å². The van der Waals surface area contributed by atoms with Crippen molar-refractivity contribution in [3.05, 3.63) is 55.9 Å². The molecule has 0 saturated carbocycles. The molecule has 1 aromatic rings. The maximum Gasteiger partial charge on any atom is 0.348 e. The highest BCUT2D eigenvalue weighted by Gasteiger charge is 2.25. The summed E-state index contributed by atoms with van der Waals surface area (Å²) >= 11 is 7.06. The second-order valence-corrected chi connectivity index (χ2v) is 11.1. The zero-order valence-electron chi connectivity index (χ0n) is 15.4. The quantitative estimate of drug-likeness (QED) is 0.457. The van der Waals surface area contributed by atoms with Gasteiger partial charge in [-0.25, -0.2) is 4.79 Å². The molecular weight excluding hydrogens is 420 g/mol. The van der Waals surface area contributed by atoms with E-state index in [9.17, 15) is 9.90 Å². The van der Waals surface area contributed by atoms with Gasteiger partial charge in [-0.1, -0.05) is 47.0 Å². The SMILES string of the molecule is CC1=C(C)SC(=C2SC(C)=C(/C=N/N=C(\C)c3c(O)cc(C)oc3=O)S2)S1. The van der Waals surface area contributed by atoms with Crippen LogP contribution in [-0.2, 0) is 0 Å². The smallest absolute Gasteiger partial charge is 0.348 e. The van der Waals surface area contributed by atoms with Crippen molar-refractivity contribution < 1.29 is 9.52 Å². The predicted octanol–water partition coefficient (Wildman–Crippen LogP) is 6.02. The van der Waals surface area contributed by atoms with Crippen molar-refractivity contribution in [2.24, 2.45) is 10.2 Å². The third kappa shape index (κ3) is 4.59. The summed E-state index contributed by atoms with van der Waals surface area (Å²) in [4.78, 5) is 16.8. The lowest BCUT2D eigenvalue weighted by molar-refractivity contribution is 0.432. The van der Waals surface area contributed by atoms with E-state index >= 15 is 0 Å². The molecule has 9 heteroatoms. The number of hydrogen-bond donors (Lipinski definition) is 1. The summed E-state index contributed by atoms with van der Waals surface area (Å²) in [6.45, 7) is 9.56. The first-order chi connectivity index (χ1) is 12.8. The van der Waals surface area contributed by atoms with E-state index in [2.05, 4.69) is 31.0 Å². The van der Waals surface area contributed by atoms with Gasteiger partial charge in [0.25, 0.3) is 0 Å². The zero-order valence-corrected chi connectivity index (χ0v) is 18.7. The molecule has 1 N–H and O–H groups in total. The number of allylic oxidation sites excluding steroid dienone is 4. The van der Waals surface area contributed by atoms with Gasteiger partial charge < -0.3 is 9.52 Å². The van der Waals surface area contributed by atoms with E-state index in [1.807, 2.05) is 23.5 Å². The number of nitrogens with zero attached hydrogens (tertiary/aromatic N) is 2. The second-order valence-electron chi connectivity index (χ2n) is 5.85. The maximum atomic E-state index is 11.9. The Bertz CT molecular complexity index is 1000. The lowest BCUT2D eigenvalue weighted by Gasteiger charge is -2.01.